The molecule has 0 atom stereocenters. The normalized spacial score (nSPS) is 9.14. The van der Waals surface area contributed by atoms with Crippen LogP contribution in [0.5, 0.6) is 0 Å². The van der Waals surface area contributed by atoms with E-state index < -0.39 is 0 Å². The number of thiol groups is 1. The lowest BCUT2D eigenvalue weighted by atomic mass is 10.2. The predicted molar refractivity (Wildman–Crippen MR) is 61.5 cm³/mol. The number of carbonyl (C=O) groups is 1. The van der Waals surface area contributed by atoms with Crippen LogP contribution in [0.2, 0.25) is 0 Å². The summed E-state index contributed by atoms with van der Waals surface area (Å²) in [4.78, 5) is 11.2. The Labute approximate surface area is 89.1 Å². The van der Waals surface area contributed by atoms with Gasteiger partial charge in [-0.2, -0.15) is 12.6 Å². The number of carbonyl (C=O) groups excluding carboxylic acids is 1. The quantitative estimate of drug-likeness (QED) is 0.573. The standard InChI is InChI=1S/C11H11NOS/c1-2-9-4-3-5-10(8-9)12-11(13)6-7-14/h1,3-5,8,14H,6-7H2,(H,12,13). The van der Waals surface area contributed by atoms with E-state index in [1.54, 1.807) is 12.1 Å². The monoisotopic (exact) mass is 205 g/mol. The van der Waals surface area contributed by atoms with Gasteiger partial charge in [0.2, 0.25) is 5.91 Å². The molecule has 1 rings (SSSR count). The van der Waals surface area contributed by atoms with Crippen LogP contribution in [0, 0.1) is 12.3 Å². The lowest BCUT2D eigenvalue weighted by molar-refractivity contribution is -0.115. The molecular formula is C11H11NOS. The Balaban J connectivity index is 2.68. The second-order valence-corrected chi connectivity index (χ2v) is 3.19. The van der Waals surface area contributed by atoms with Gasteiger partial charge in [0.05, 0.1) is 0 Å². The van der Waals surface area contributed by atoms with E-state index in [2.05, 4.69) is 23.9 Å². The van der Waals surface area contributed by atoms with Gasteiger partial charge in [-0.25, -0.2) is 0 Å². The fourth-order valence-electron chi connectivity index (χ4n) is 1.01. The van der Waals surface area contributed by atoms with Crippen LogP contribution in [0.25, 0.3) is 0 Å². The molecule has 1 aromatic carbocycles. The van der Waals surface area contributed by atoms with Crippen LogP contribution in [0.4, 0.5) is 5.69 Å². The number of benzene rings is 1. The molecule has 14 heavy (non-hydrogen) atoms. The van der Waals surface area contributed by atoms with Crippen LogP contribution in [0.15, 0.2) is 24.3 Å². The Morgan fingerprint density at radius 1 is 1.57 bits per heavy atom. The third-order valence-corrected chi connectivity index (χ3v) is 1.88. The van der Waals surface area contributed by atoms with Gasteiger partial charge in [-0.3, -0.25) is 4.79 Å². The van der Waals surface area contributed by atoms with E-state index in [0.29, 0.717) is 12.2 Å². The van der Waals surface area contributed by atoms with Gasteiger partial charge in [0, 0.05) is 17.7 Å². The minimum atomic E-state index is -0.0471. The van der Waals surface area contributed by atoms with E-state index in [4.69, 9.17) is 6.42 Å². The van der Waals surface area contributed by atoms with Crippen LogP contribution in [-0.2, 0) is 4.79 Å². The van der Waals surface area contributed by atoms with Crippen molar-refractivity contribution in [2.24, 2.45) is 0 Å². The highest BCUT2D eigenvalue weighted by Gasteiger charge is 2.00. The molecule has 0 radical (unpaired) electrons. The summed E-state index contributed by atoms with van der Waals surface area (Å²) < 4.78 is 0. The van der Waals surface area contributed by atoms with Gasteiger partial charge < -0.3 is 5.32 Å². The molecule has 0 heterocycles. The van der Waals surface area contributed by atoms with Crippen molar-refractivity contribution in [3.63, 3.8) is 0 Å². The van der Waals surface area contributed by atoms with Crippen molar-refractivity contribution in [2.45, 2.75) is 6.42 Å². The number of anilines is 1. The maximum atomic E-state index is 11.2. The van der Waals surface area contributed by atoms with Crippen molar-refractivity contribution in [1.82, 2.24) is 0 Å². The summed E-state index contributed by atoms with van der Waals surface area (Å²) in [6.45, 7) is 0. The molecule has 1 aromatic rings. The van der Waals surface area contributed by atoms with E-state index in [9.17, 15) is 4.79 Å². The van der Waals surface area contributed by atoms with Gasteiger partial charge in [-0.05, 0) is 24.0 Å². The average molecular weight is 205 g/mol. The molecule has 0 aliphatic carbocycles. The summed E-state index contributed by atoms with van der Waals surface area (Å²) in [6, 6.07) is 7.19. The summed E-state index contributed by atoms with van der Waals surface area (Å²) in [7, 11) is 0. The van der Waals surface area contributed by atoms with Crippen molar-refractivity contribution >= 4 is 24.2 Å². The molecule has 0 aliphatic rings. The van der Waals surface area contributed by atoms with Gasteiger partial charge in [-0.1, -0.05) is 12.0 Å². The zero-order valence-corrected chi connectivity index (χ0v) is 8.55. The van der Waals surface area contributed by atoms with Gasteiger partial charge in [0.1, 0.15) is 0 Å². The minimum absolute atomic E-state index is 0.0471. The Kier molecular flexibility index (Phi) is 4.09. The smallest absolute Gasteiger partial charge is 0.225 e. The number of terminal acetylenes is 1. The maximum Gasteiger partial charge on any atom is 0.225 e. The molecule has 2 nitrogen and oxygen atoms in total. The first-order chi connectivity index (χ1) is 6.76. The fourth-order valence-corrected chi connectivity index (χ4v) is 1.21. The number of rotatable bonds is 3. The number of amides is 1. The highest BCUT2D eigenvalue weighted by Crippen LogP contribution is 2.09. The first-order valence-electron chi connectivity index (χ1n) is 4.23. The molecule has 0 spiro atoms. The molecule has 0 saturated heterocycles. The Morgan fingerprint density at radius 3 is 3.00 bits per heavy atom. The molecule has 1 N–H and O–H groups in total. The maximum absolute atomic E-state index is 11.2. The second kappa shape index (κ2) is 5.36. The lowest BCUT2D eigenvalue weighted by Gasteiger charge is -2.03. The zero-order chi connectivity index (χ0) is 10.4. The Bertz CT molecular complexity index is 368. The van der Waals surface area contributed by atoms with E-state index in [-0.39, 0.29) is 5.91 Å². The van der Waals surface area contributed by atoms with Crippen LogP contribution < -0.4 is 5.32 Å². The molecule has 0 bridgehead atoms. The van der Waals surface area contributed by atoms with Gasteiger partial charge in [0.15, 0.2) is 0 Å². The highest BCUT2D eigenvalue weighted by atomic mass is 32.1. The molecule has 0 aliphatic heterocycles. The average Bonchev–Trinajstić information content (AvgIpc) is 2.18. The fraction of sp³-hybridized carbons (Fsp3) is 0.182. The molecule has 0 saturated carbocycles. The van der Waals surface area contributed by atoms with Crippen molar-refractivity contribution in [2.75, 3.05) is 11.1 Å². The molecule has 0 fully saturated rings. The van der Waals surface area contributed by atoms with Crippen molar-refractivity contribution in [3.8, 4) is 12.3 Å². The van der Waals surface area contributed by atoms with Crippen molar-refractivity contribution < 1.29 is 4.79 Å². The summed E-state index contributed by atoms with van der Waals surface area (Å²) in [6.07, 6.45) is 5.64. The van der Waals surface area contributed by atoms with Crippen LogP contribution in [0.1, 0.15) is 12.0 Å². The minimum Gasteiger partial charge on any atom is -0.326 e. The van der Waals surface area contributed by atoms with Gasteiger partial charge in [-0.15, -0.1) is 6.42 Å². The summed E-state index contributed by atoms with van der Waals surface area (Å²) in [5.41, 5.74) is 1.49. The van der Waals surface area contributed by atoms with Crippen molar-refractivity contribution in [1.29, 1.82) is 0 Å². The summed E-state index contributed by atoms with van der Waals surface area (Å²) >= 11 is 3.97. The van der Waals surface area contributed by atoms with E-state index in [1.165, 1.54) is 0 Å². The van der Waals surface area contributed by atoms with Crippen LogP contribution in [0.3, 0.4) is 0 Å². The summed E-state index contributed by atoms with van der Waals surface area (Å²) in [5.74, 6) is 3.00. The topological polar surface area (TPSA) is 29.1 Å². The first kappa shape index (κ1) is 10.7. The molecule has 1 amide bonds. The third-order valence-electron chi connectivity index (χ3n) is 1.65. The first-order valence-corrected chi connectivity index (χ1v) is 4.87. The zero-order valence-electron chi connectivity index (χ0n) is 7.66. The molecule has 72 valence electrons. The third kappa shape index (κ3) is 3.15. The Hall–Kier alpha value is -1.40. The Morgan fingerprint density at radius 2 is 2.36 bits per heavy atom. The van der Waals surface area contributed by atoms with Gasteiger partial charge >= 0.3 is 0 Å². The highest BCUT2D eigenvalue weighted by molar-refractivity contribution is 7.80. The van der Waals surface area contributed by atoms with E-state index in [1.807, 2.05) is 12.1 Å². The molecule has 0 aromatic heterocycles. The SMILES string of the molecule is C#Cc1cccc(NC(=O)CCS)c1. The lowest BCUT2D eigenvalue weighted by Crippen LogP contribution is -2.11. The van der Waals surface area contributed by atoms with Crippen LogP contribution in [-0.4, -0.2) is 11.7 Å². The number of hydrogen-bond donors (Lipinski definition) is 2. The van der Waals surface area contributed by atoms with Crippen molar-refractivity contribution in [3.05, 3.63) is 29.8 Å². The van der Waals surface area contributed by atoms with Gasteiger partial charge in [0.25, 0.3) is 0 Å². The summed E-state index contributed by atoms with van der Waals surface area (Å²) in [5, 5.41) is 2.73. The number of nitrogens with one attached hydrogen (secondary N) is 1. The van der Waals surface area contributed by atoms with Crippen LogP contribution >= 0.6 is 12.6 Å². The number of hydrogen-bond acceptors (Lipinski definition) is 2. The van der Waals surface area contributed by atoms with E-state index in [0.717, 1.165) is 11.3 Å². The van der Waals surface area contributed by atoms with E-state index >= 15 is 0 Å². The largest absolute Gasteiger partial charge is 0.326 e. The molecule has 3 heteroatoms. The predicted octanol–water partition coefficient (Wildman–Crippen LogP) is 1.93. The molecular weight excluding hydrogens is 194 g/mol. The second-order valence-electron chi connectivity index (χ2n) is 2.75. The molecule has 0 unspecified atom stereocenters.